The normalized spacial score (nSPS) is 22.4. The molecule has 5 rings (SSSR count). The number of allylic oxidation sites excluding steroid dienone is 3. The molecule has 3 aliphatic rings. The monoisotopic (exact) mass is 308 g/mol. The van der Waals surface area contributed by atoms with Crippen LogP contribution in [0.2, 0.25) is 0 Å². The summed E-state index contributed by atoms with van der Waals surface area (Å²) in [6.07, 6.45) is 5.80. The van der Waals surface area contributed by atoms with E-state index in [-0.39, 0.29) is 0 Å². The molecule has 1 aliphatic carbocycles. The SMILES string of the molecule is C1=CC=CC=1P12(Nc3ccccc3O1)Nc1ccccc1O2. The first-order valence-corrected chi connectivity index (χ1v) is 9.16. The average Bonchev–Trinajstić information content (AvgIpc) is 3.23. The third-order valence-electron chi connectivity index (χ3n) is 3.99. The molecule has 108 valence electrons. The summed E-state index contributed by atoms with van der Waals surface area (Å²) >= 11 is 0. The van der Waals surface area contributed by atoms with Crippen LogP contribution in [-0.2, 0) is 0 Å². The van der Waals surface area contributed by atoms with Gasteiger partial charge in [-0.1, -0.05) is 0 Å². The Morgan fingerprint density at radius 3 is 1.91 bits per heavy atom. The molecule has 0 aromatic heterocycles. The molecule has 0 atom stereocenters. The molecule has 0 unspecified atom stereocenters. The van der Waals surface area contributed by atoms with Crippen molar-refractivity contribution in [3.63, 3.8) is 0 Å². The number of anilines is 2. The standard InChI is InChI=1S/C17H13N2O2P/c1-2-8-13(7-1)22(18-14-9-3-5-11-16(14)20-22)19-15-10-4-6-12-17(15)21-22/h1-7,9-12,18-19H. The van der Waals surface area contributed by atoms with Gasteiger partial charge < -0.3 is 0 Å². The summed E-state index contributed by atoms with van der Waals surface area (Å²) in [6.45, 7) is 0. The van der Waals surface area contributed by atoms with E-state index in [9.17, 15) is 0 Å². The number of rotatable bonds is 1. The Bertz CT molecular complexity index is 799. The van der Waals surface area contributed by atoms with Gasteiger partial charge in [-0.3, -0.25) is 0 Å². The fourth-order valence-electron chi connectivity index (χ4n) is 3.02. The van der Waals surface area contributed by atoms with E-state index in [1.807, 2.05) is 66.8 Å². The molecule has 0 bridgehead atoms. The minimum absolute atomic E-state index is 0.787. The Balaban J connectivity index is 1.75. The van der Waals surface area contributed by atoms with Gasteiger partial charge in [0.2, 0.25) is 0 Å². The molecule has 2 aromatic rings. The second-order valence-corrected chi connectivity index (χ2v) is 8.62. The number of para-hydroxylation sites is 4. The molecule has 0 saturated carbocycles. The van der Waals surface area contributed by atoms with Gasteiger partial charge in [0, 0.05) is 0 Å². The van der Waals surface area contributed by atoms with E-state index in [2.05, 4.69) is 15.9 Å². The summed E-state index contributed by atoms with van der Waals surface area (Å²) in [5, 5.41) is 7.91. The molecule has 0 amide bonds. The van der Waals surface area contributed by atoms with Crippen molar-refractivity contribution in [1.29, 1.82) is 0 Å². The van der Waals surface area contributed by atoms with Gasteiger partial charge in [0.05, 0.1) is 0 Å². The van der Waals surface area contributed by atoms with Crippen LogP contribution in [0.5, 0.6) is 11.5 Å². The van der Waals surface area contributed by atoms with E-state index in [1.54, 1.807) is 0 Å². The summed E-state index contributed by atoms with van der Waals surface area (Å²) in [5.74, 6) is 1.57. The molecule has 22 heavy (non-hydrogen) atoms. The van der Waals surface area contributed by atoms with Crippen LogP contribution < -0.4 is 19.2 Å². The van der Waals surface area contributed by atoms with Gasteiger partial charge in [-0.25, -0.2) is 0 Å². The Morgan fingerprint density at radius 2 is 1.41 bits per heavy atom. The van der Waals surface area contributed by atoms with Crippen molar-refractivity contribution in [2.24, 2.45) is 0 Å². The van der Waals surface area contributed by atoms with Gasteiger partial charge in [0.15, 0.2) is 0 Å². The van der Waals surface area contributed by atoms with Crippen LogP contribution in [0, 0.1) is 0 Å². The zero-order valence-corrected chi connectivity index (χ0v) is 12.5. The van der Waals surface area contributed by atoms with Crippen molar-refractivity contribution >= 4 is 18.7 Å². The van der Waals surface area contributed by atoms with E-state index < -0.39 is 7.36 Å². The van der Waals surface area contributed by atoms with Crippen molar-refractivity contribution in [2.45, 2.75) is 0 Å². The summed E-state index contributed by atoms with van der Waals surface area (Å²) in [5.41, 5.74) is 5.11. The fraction of sp³-hybridized carbons (Fsp3) is 0. The average molecular weight is 308 g/mol. The second kappa shape index (κ2) is 3.75. The number of hydrogen-bond acceptors (Lipinski definition) is 4. The van der Waals surface area contributed by atoms with E-state index in [4.69, 9.17) is 9.05 Å². The quantitative estimate of drug-likeness (QED) is 0.585. The Labute approximate surface area is 128 Å². The molecule has 4 nitrogen and oxygen atoms in total. The topological polar surface area (TPSA) is 42.5 Å². The molecule has 0 saturated heterocycles. The molecule has 1 spiro atoms. The summed E-state index contributed by atoms with van der Waals surface area (Å²) < 4.78 is 12.8. The molecule has 2 aliphatic heterocycles. The zero-order chi connectivity index (χ0) is 14.6. The van der Waals surface area contributed by atoms with Crippen LogP contribution in [0.15, 0.2) is 77.8 Å². The van der Waals surface area contributed by atoms with Crippen LogP contribution in [0.4, 0.5) is 11.4 Å². The van der Waals surface area contributed by atoms with Crippen LogP contribution in [0.25, 0.3) is 0 Å². The number of benzene rings is 2. The first kappa shape index (κ1) is 11.9. The van der Waals surface area contributed by atoms with E-state index in [0.29, 0.717) is 0 Å². The van der Waals surface area contributed by atoms with Crippen molar-refractivity contribution in [1.82, 2.24) is 0 Å². The van der Waals surface area contributed by atoms with Gasteiger partial charge in [-0.15, -0.1) is 0 Å². The maximum atomic E-state index is 6.42. The number of nitrogens with one attached hydrogen (secondary N) is 2. The van der Waals surface area contributed by atoms with Crippen LogP contribution in [0.3, 0.4) is 0 Å². The first-order chi connectivity index (χ1) is 10.8. The molecular formula is C17H13N2O2P. The molecule has 2 N–H and O–H groups in total. The van der Waals surface area contributed by atoms with E-state index in [1.165, 1.54) is 0 Å². The Morgan fingerprint density at radius 1 is 0.818 bits per heavy atom. The zero-order valence-electron chi connectivity index (χ0n) is 11.6. The van der Waals surface area contributed by atoms with E-state index in [0.717, 1.165) is 28.2 Å². The van der Waals surface area contributed by atoms with Gasteiger partial charge in [0.25, 0.3) is 0 Å². The predicted octanol–water partition coefficient (Wildman–Crippen LogP) is 4.82. The van der Waals surface area contributed by atoms with Crippen molar-refractivity contribution in [3.05, 3.63) is 77.8 Å². The molecule has 2 heterocycles. The molecule has 0 radical (unpaired) electrons. The minimum atomic E-state index is -3.50. The van der Waals surface area contributed by atoms with Gasteiger partial charge in [0.1, 0.15) is 0 Å². The van der Waals surface area contributed by atoms with Gasteiger partial charge in [-0.05, 0) is 0 Å². The maximum absolute atomic E-state index is 6.42. The third kappa shape index (κ3) is 1.36. The second-order valence-electron chi connectivity index (χ2n) is 5.41. The molecule has 2 aromatic carbocycles. The number of fused-ring (bicyclic) bond motifs is 2. The predicted molar refractivity (Wildman–Crippen MR) is 89.0 cm³/mol. The summed E-state index contributed by atoms with van der Waals surface area (Å²) in [7, 11) is -3.50. The summed E-state index contributed by atoms with van der Waals surface area (Å²) in [6, 6.07) is 15.7. The van der Waals surface area contributed by atoms with Crippen molar-refractivity contribution in [2.75, 3.05) is 10.2 Å². The number of hydrogen-bond donors (Lipinski definition) is 2. The van der Waals surface area contributed by atoms with E-state index >= 15 is 0 Å². The van der Waals surface area contributed by atoms with Crippen LogP contribution in [-0.4, -0.2) is 0 Å². The van der Waals surface area contributed by atoms with Gasteiger partial charge >= 0.3 is 127 Å². The first-order valence-electron chi connectivity index (χ1n) is 7.09. The van der Waals surface area contributed by atoms with Crippen LogP contribution in [0.1, 0.15) is 0 Å². The summed E-state index contributed by atoms with van der Waals surface area (Å²) in [4.78, 5) is 0. The van der Waals surface area contributed by atoms with Crippen LogP contribution >= 0.6 is 7.36 Å². The van der Waals surface area contributed by atoms with Crippen molar-refractivity contribution in [3.8, 4) is 11.5 Å². The van der Waals surface area contributed by atoms with Crippen molar-refractivity contribution < 1.29 is 9.05 Å². The third-order valence-corrected chi connectivity index (χ3v) is 7.52. The molecular weight excluding hydrogens is 295 g/mol. The Hall–Kier alpha value is -2.67. The fourth-order valence-corrected chi connectivity index (χ4v) is 6.71. The molecule has 5 heteroatoms. The van der Waals surface area contributed by atoms with Gasteiger partial charge in [-0.2, -0.15) is 0 Å². The Kier molecular flexibility index (Phi) is 2.03. The molecule has 0 fully saturated rings.